The summed E-state index contributed by atoms with van der Waals surface area (Å²) in [5.41, 5.74) is 0.0748. The Bertz CT molecular complexity index is 427. The molecule has 0 bridgehead atoms. The second-order valence-electron chi connectivity index (χ2n) is 7.02. The van der Waals surface area contributed by atoms with E-state index in [1.165, 1.54) is 0 Å². The Labute approximate surface area is 129 Å². The van der Waals surface area contributed by atoms with E-state index in [0.717, 1.165) is 19.4 Å². The molecule has 0 amide bonds. The molecule has 1 N–H and O–H groups in total. The molecule has 2 heterocycles. The van der Waals surface area contributed by atoms with Crippen LogP contribution in [-0.2, 0) is 14.9 Å². The maximum atomic E-state index is 12.7. The normalized spacial score (nSPS) is 26.9. The van der Waals surface area contributed by atoms with E-state index >= 15 is 0 Å². The average molecular weight is 319 g/mol. The van der Waals surface area contributed by atoms with Gasteiger partial charge in [-0.1, -0.05) is 0 Å². The van der Waals surface area contributed by atoms with Gasteiger partial charge in [0, 0.05) is 31.7 Å². The number of hydrogen-bond donors (Lipinski definition) is 1. The van der Waals surface area contributed by atoms with Gasteiger partial charge in [0.05, 0.1) is 13.2 Å². The van der Waals surface area contributed by atoms with Crippen LogP contribution in [0, 0.1) is 5.92 Å². The Morgan fingerprint density at radius 3 is 2.43 bits per heavy atom. The van der Waals surface area contributed by atoms with Crippen LogP contribution >= 0.6 is 0 Å². The van der Waals surface area contributed by atoms with E-state index in [9.17, 15) is 8.42 Å². The lowest BCUT2D eigenvalue weighted by Gasteiger charge is -2.37. The van der Waals surface area contributed by atoms with Gasteiger partial charge in [-0.3, -0.25) is 0 Å². The number of nitrogens with one attached hydrogen (secondary N) is 1. The summed E-state index contributed by atoms with van der Waals surface area (Å²) in [7, 11) is -3.31. The van der Waals surface area contributed by atoms with Crippen LogP contribution in [0.3, 0.4) is 0 Å². The molecule has 6 nitrogen and oxygen atoms in total. The van der Waals surface area contributed by atoms with Gasteiger partial charge in [-0.05, 0) is 46.1 Å². The van der Waals surface area contributed by atoms with Crippen molar-refractivity contribution in [2.75, 3.05) is 45.9 Å². The van der Waals surface area contributed by atoms with Crippen molar-refractivity contribution < 1.29 is 13.2 Å². The molecule has 2 rings (SSSR count). The van der Waals surface area contributed by atoms with E-state index in [0.29, 0.717) is 45.3 Å². The average Bonchev–Trinajstić information content (AvgIpc) is 2.46. The summed E-state index contributed by atoms with van der Waals surface area (Å²) < 4.78 is 33.8. The van der Waals surface area contributed by atoms with Crippen LogP contribution in [0.4, 0.5) is 0 Å². The topological polar surface area (TPSA) is 61.9 Å². The molecule has 2 saturated heterocycles. The molecule has 0 aromatic carbocycles. The van der Waals surface area contributed by atoms with Crippen LogP contribution < -0.4 is 5.32 Å². The SMILES string of the molecule is CC(C)(C)NCC1CCCN(S(=O)(=O)N2CCOCC2)C1. The third-order valence-corrected chi connectivity index (χ3v) is 6.03. The molecule has 2 fully saturated rings. The summed E-state index contributed by atoms with van der Waals surface area (Å²) in [6.45, 7) is 10.5. The van der Waals surface area contributed by atoms with Gasteiger partial charge >= 0.3 is 0 Å². The molecule has 0 aromatic heterocycles. The number of piperidine rings is 1. The fourth-order valence-electron chi connectivity index (χ4n) is 2.79. The molecule has 0 saturated carbocycles. The van der Waals surface area contributed by atoms with E-state index in [4.69, 9.17) is 4.74 Å². The van der Waals surface area contributed by atoms with Crippen molar-refractivity contribution in [3.8, 4) is 0 Å². The Kier molecular flexibility index (Phi) is 5.65. The summed E-state index contributed by atoms with van der Waals surface area (Å²) in [6, 6.07) is 0. The zero-order valence-corrected chi connectivity index (χ0v) is 14.3. The lowest BCUT2D eigenvalue weighted by Crippen LogP contribution is -2.52. The fraction of sp³-hybridized carbons (Fsp3) is 1.00. The summed E-state index contributed by atoms with van der Waals surface area (Å²) in [6.07, 6.45) is 2.04. The zero-order chi connectivity index (χ0) is 15.5. The highest BCUT2D eigenvalue weighted by molar-refractivity contribution is 7.86. The largest absolute Gasteiger partial charge is 0.379 e. The molecule has 0 spiro atoms. The molecule has 0 aliphatic carbocycles. The molecule has 2 aliphatic heterocycles. The highest BCUT2D eigenvalue weighted by Gasteiger charge is 2.34. The van der Waals surface area contributed by atoms with Gasteiger partial charge in [-0.2, -0.15) is 17.0 Å². The lowest BCUT2D eigenvalue weighted by molar-refractivity contribution is 0.0690. The molecular formula is C14H29N3O3S. The maximum Gasteiger partial charge on any atom is 0.282 e. The molecule has 1 unspecified atom stereocenters. The minimum Gasteiger partial charge on any atom is -0.379 e. The summed E-state index contributed by atoms with van der Waals surface area (Å²) in [4.78, 5) is 0. The van der Waals surface area contributed by atoms with Crippen LogP contribution in [0.15, 0.2) is 0 Å². The quantitative estimate of drug-likeness (QED) is 0.827. The first-order valence-corrected chi connectivity index (χ1v) is 9.27. The van der Waals surface area contributed by atoms with Crippen LogP contribution in [0.2, 0.25) is 0 Å². The molecule has 0 radical (unpaired) electrons. The number of hydrogen-bond acceptors (Lipinski definition) is 4. The van der Waals surface area contributed by atoms with E-state index in [2.05, 4.69) is 26.1 Å². The van der Waals surface area contributed by atoms with Crippen molar-refractivity contribution in [1.82, 2.24) is 13.9 Å². The highest BCUT2D eigenvalue weighted by Crippen LogP contribution is 2.21. The number of ether oxygens (including phenoxy) is 1. The maximum absolute atomic E-state index is 12.7. The zero-order valence-electron chi connectivity index (χ0n) is 13.5. The third-order valence-electron chi connectivity index (χ3n) is 4.03. The van der Waals surface area contributed by atoms with Crippen LogP contribution in [0.25, 0.3) is 0 Å². The van der Waals surface area contributed by atoms with Gasteiger partial charge in [0.2, 0.25) is 0 Å². The number of nitrogens with zero attached hydrogens (tertiary/aromatic N) is 2. The van der Waals surface area contributed by atoms with E-state index in [-0.39, 0.29) is 5.54 Å². The van der Waals surface area contributed by atoms with Crippen LogP contribution in [0.5, 0.6) is 0 Å². The Hall–Kier alpha value is -0.210. The minimum absolute atomic E-state index is 0.0748. The van der Waals surface area contributed by atoms with Crippen molar-refractivity contribution in [2.24, 2.45) is 5.92 Å². The van der Waals surface area contributed by atoms with Gasteiger partial charge in [0.15, 0.2) is 0 Å². The first kappa shape index (κ1) is 17.1. The van der Waals surface area contributed by atoms with Gasteiger partial charge in [0.1, 0.15) is 0 Å². The van der Waals surface area contributed by atoms with Gasteiger partial charge in [0.25, 0.3) is 10.2 Å². The molecule has 7 heteroatoms. The number of rotatable bonds is 4. The number of morpholine rings is 1. The third kappa shape index (κ3) is 4.89. The second-order valence-corrected chi connectivity index (χ2v) is 8.94. The van der Waals surface area contributed by atoms with Crippen molar-refractivity contribution in [1.29, 1.82) is 0 Å². The minimum atomic E-state index is -3.31. The molecule has 21 heavy (non-hydrogen) atoms. The van der Waals surface area contributed by atoms with E-state index in [1.54, 1.807) is 8.61 Å². The fourth-order valence-corrected chi connectivity index (χ4v) is 4.49. The van der Waals surface area contributed by atoms with Crippen molar-refractivity contribution in [3.05, 3.63) is 0 Å². The first-order chi connectivity index (χ1) is 9.79. The molecule has 1 atom stereocenters. The first-order valence-electron chi connectivity index (χ1n) is 7.87. The van der Waals surface area contributed by atoms with Crippen molar-refractivity contribution >= 4 is 10.2 Å². The van der Waals surface area contributed by atoms with Crippen LogP contribution in [-0.4, -0.2) is 68.5 Å². The molecular weight excluding hydrogens is 290 g/mol. The smallest absolute Gasteiger partial charge is 0.282 e. The lowest BCUT2D eigenvalue weighted by atomic mass is 9.98. The molecule has 0 aromatic rings. The van der Waals surface area contributed by atoms with E-state index < -0.39 is 10.2 Å². The summed E-state index contributed by atoms with van der Waals surface area (Å²) >= 11 is 0. The monoisotopic (exact) mass is 319 g/mol. The Morgan fingerprint density at radius 1 is 1.14 bits per heavy atom. The Morgan fingerprint density at radius 2 is 1.81 bits per heavy atom. The van der Waals surface area contributed by atoms with Gasteiger partial charge < -0.3 is 10.1 Å². The second kappa shape index (κ2) is 6.91. The predicted octanol–water partition coefficient (Wildman–Crippen LogP) is 0.664. The van der Waals surface area contributed by atoms with Crippen molar-refractivity contribution in [2.45, 2.75) is 39.2 Å². The van der Waals surface area contributed by atoms with Gasteiger partial charge in [-0.25, -0.2) is 0 Å². The standard InChI is InChI=1S/C14H29N3O3S/c1-14(2,3)15-11-13-5-4-6-17(12-13)21(18,19)16-7-9-20-10-8-16/h13,15H,4-12H2,1-3H3. The summed E-state index contributed by atoms with van der Waals surface area (Å²) in [5.74, 6) is 0.397. The predicted molar refractivity (Wildman–Crippen MR) is 83.4 cm³/mol. The van der Waals surface area contributed by atoms with Crippen molar-refractivity contribution in [3.63, 3.8) is 0 Å². The molecule has 124 valence electrons. The summed E-state index contributed by atoms with van der Waals surface area (Å²) in [5, 5.41) is 3.49. The van der Waals surface area contributed by atoms with Gasteiger partial charge in [-0.15, -0.1) is 0 Å². The molecule has 2 aliphatic rings. The highest BCUT2D eigenvalue weighted by atomic mass is 32.2. The van der Waals surface area contributed by atoms with E-state index in [1.807, 2.05) is 0 Å². The van der Waals surface area contributed by atoms with Crippen LogP contribution in [0.1, 0.15) is 33.6 Å². The Balaban J connectivity index is 1.93.